The van der Waals surface area contributed by atoms with Crippen molar-refractivity contribution in [3.63, 3.8) is 0 Å². The van der Waals surface area contributed by atoms with Gasteiger partial charge in [0.2, 0.25) is 0 Å². The molecule has 0 N–H and O–H groups in total. The minimum absolute atomic E-state index is 0.129. The smallest absolute Gasteiger partial charge is 0.316 e. The zero-order valence-corrected chi connectivity index (χ0v) is 15.7. The Hall–Kier alpha value is -1.99. The molecule has 7 heteroatoms. The van der Waals surface area contributed by atoms with Crippen molar-refractivity contribution in [2.45, 2.75) is 31.8 Å². The van der Waals surface area contributed by atoms with Gasteiger partial charge in [-0.3, -0.25) is 4.79 Å². The van der Waals surface area contributed by atoms with E-state index in [1.54, 1.807) is 29.8 Å². The predicted octanol–water partition coefficient (Wildman–Crippen LogP) is 2.94. The molecule has 1 amide bonds. The summed E-state index contributed by atoms with van der Waals surface area (Å²) in [7, 11) is 0. The first-order valence-corrected chi connectivity index (χ1v) is 9.85. The van der Waals surface area contributed by atoms with Gasteiger partial charge in [-0.1, -0.05) is 0 Å². The van der Waals surface area contributed by atoms with Crippen LogP contribution >= 0.6 is 11.3 Å². The second kappa shape index (κ2) is 7.32. The minimum Gasteiger partial charge on any atom is -0.463 e. The van der Waals surface area contributed by atoms with Gasteiger partial charge in [0.05, 0.1) is 24.6 Å². The second-order valence-electron chi connectivity index (χ2n) is 7.13. The number of aryl methyl sites for hydroxylation is 1. The topological polar surface area (TPSA) is 64.6 Å². The maximum atomic E-state index is 12.5. The van der Waals surface area contributed by atoms with Crippen LogP contribution in [0.2, 0.25) is 0 Å². The van der Waals surface area contributed by atoms with E-state index < -0.39 is 0 Å². The Balaban J connectivity index is 1.26. The first kappa shape index (κ1) is 17.4. The second-order valence-corrected chi connectivity index (χ2v) is 8.42. The van der Waals surface area contributed by atoms with Crippen molar-refractivity contribution in [2.75, 3.05) is 26.3 Å². The molecule has 0 unspecified atom stereocenters. The van der Waals surface area contributed by atoms with Gasteiger partial charge < -0.3 is 14.4 Å². The van der Waals surface area contributed by atoms with Gasteiger partial charge in [-0.25, -0.2) is 9.97 Å². The van der Waals surface area contributed by atoms with Crippen molar-refractivity contribution in [2.24, 2.45) is 5.92 Å². The average molecular weight is 373 g/mol. The summed E-state index contributed by atoms with van der Waals surface area (Å²) in [6.45, 7) is 4.79. The largest absolute Gasteiger partial charge is 0.463 e. The van der Waals surface area contributed by atoms with E-state index in [4.69, 9.17) is 9.47 Å². The van der Waals surface area contributed by atoms with Crippen LogP contribution < -0.4 is 4.74 Å². The fourth-order valence-electron chi connectivity index (χ4n) is 3.77. The van der Waals surface area contributed by atoms with E-state index in [1.807, 2.05) is 24.0 Å². The summed E-state index contributed by atoms with van der Waals surface area (Å²) in [6.07, 6.45) is 6.35. The molecule has 2 fully saturated rings. The standard InChI is InChI=1S/C19H23N3O3S/c1-14-3-4-16(26-14)17(23)22-12-19(13-22)11-15(6-10-25-19)5-9-24-18-20-7-2-8-21-18/h2-4,7-8,15H,5-6,9-13H2,1H3/t15-/m1/s1. The lowest BCUT2D eigenvalue weighted by Gasteiger charge is -2.53. The van der Waals surface area contributed by atoms with Crippen LogP contribution in [-0.4, -0.2) is 52.7 Å². The molecule has 138 valence electrons. The summed E-state index contributed by atoms with van der Waals surface area (Å²) in [4.78, 5) is 24.6. The molecule has 0 bridgehead atoms. The minimum atomic E-state index is -0.159. The molecule has 2 saturated heterocycles. The zero-order valence-electron chi connectivity index (χ0n) is 14.9. The molecule has 4 heterocycles. The summed E-state index contributed by atoms with van der Waals surface area (Å²) in [5.41, 5.74) is -0.159. The van der Waals surface area contributed by atoms with E-state index in [0.29, 0.717) is 31.6 Å². The highest BCUT2D eigenvalue weighted by atomic mass is 32.1. The summed E-state index contributed by atoms with van der Waals surface area (Å²) in [5, 5.41) is 0. The van der Waals surface area contributed by atoms with E-state index in [2.05, 4.69) is 9.97 Å². The number of aromatic nitrogens is 2. The number of nitrogens with zero attached hydrogens (tertiary/aromatic N) is 3. The summed E-state index contributed by atoms with van der Waals surface area (Å²) in [5.74, 6) is 0.678. The Labute approximate surface area is 157 Å². The Morgan fingerprint density at radius 2 is 2.19 bits per heavy atom. The molecule has 6 nitrogen and oxygen atoms in total. The number of likely N-dealkylation sites (tertiary alicyclic amines) is 1. The highest BCUT2D eigenvalue weighted by molar-refractivity contribution is 7.13. The van der Waals surface area contributed by atoms with Gasteiger partial charge in [0.1, 0.15) is 5.60 Å². The van der Waals surface area contributed by atoms with Crippen molar-refractivity contribution in [3.8, 4) is 6.01 Å². The lowest BCUT2D eigenvalue weighted by molar-refractivity contribution is -0.166. The van der Waals surface area contributed by atoms with Crippen LogP contribution in [0.25, 0.3) is 0 Å². The van der Waals surface area contributed by atoms with Crippen molar-refractivity contribution < 1.29 is 14.3 Å². The van der Waals surface area contributed by atoms with Crippen LogP contribution in [0.3, 0.4) is 0 Å². The molecule has 0 aliphatic carbocycles. The SMILES string of the molecule is Cc1ccc(C(=O)N2CC3(C[C@H](CCOc4ncccn4)CCO3)C2)s1. The van der Waals surface area contributed by atoms with E-state index >= 15 is 0 Å². The van der Waals surface area contributed by atoms with Crippen molar-refractivity contribution in [3.05, 3.63) is 40.3 Å². The van der Waals surface area contributed by atoms with Gasteiger partial charge in [0.25, 0.3) is 5.91 Å². The van der Waals surface area contributed by atoms with E-state index in [9.17, 15) is 4.79 Å². The van der Waals surface area contributed by atoms with Gasteiger partial charge in [0, 0.05) is 23.9 Å². The van der Waals surface area contributed by atoms with Gasteiger partial charge in [0.15, 0.2) is 0 Å². The highest BCUT2D eigenvalue weighted by Gasteiger charge is 2.49. The van der Waals surface area contributed by atoms with Crippen LogP contribution in [-0.2, 0) is 4.74 Å². The number of amides is 1. The molecular weight excluding hydrogens is 350 g/mol. The summed E-state index contributed by atoms with van der Waals surface area (Å²) < 4.78 is 11.7. The third kappa shape index (κ3) is 3.73. The monoisotopic (exact) mass is 373 g/mol. The van der Waals surface area contributed by atoms with Crippen LogP contribution in [0.15, 0.2) is 30.6 Å². The summed E-state index contributed by atoms with van der Waals surface area (Å²) >= 11 is 1.56. The maximum absolute atomic E-state index is 12.5. The molecule has 1 spiro atoms. The normalized spacial score (nSPS) is 21.4. The summed E-state index contributed by atoms with van der Waals surface area (Å²) in [6, 6.07) is 6.12. The average Bonchev–Trinajstić information content (AvgIpc) is 3.07. The molecule has 0 aromatic carbocycles. The molecule has 2 aromatic rings. The number of hydrogen-bond acceptors (Lipinski definition) is 6. The number of carbonyl (C=O) groups is 1. The number of ether oxygens (including phenoxy) is 2. The Morgan fingerprint density at radius 3 is 2.92 bits per heavy atom. The van der Waals surface area contributed by atoms with Gasteiger partial charge in [-0.15, -0.1) is 11.3 Å². The van der Waals surface area contributed by atoms with Crippen molar-refractivity contribution >= 4 is 17.2 Å². The first-order valence-electron chi connectivity index (χ1n) is 9.03. The molecule has 0 radical (unpaired) electrons. The van der Waals surface area contributed by atoms with Crippen LogP contribution in [0.4, 0.5) is 0 Å². The lowest BCUT2D eigenvalue weighted by atomic mass is 9.79. The fourth-order valence-corrected chi connectivity index (χ4v) is 4.61. The molecule has 2 aliphatic rings. The molecule has 26 heavy (non-hydrogen) atoms. The zero-order chi connectivity index (χ0) is 18.0. The fraction of sp³-hybridized carbons (Fsp3) is 0.526. The maximum Gasteiger partial charge on any atom is 0.316 e. The van der Waals surface area contributed by atoms with Gasteiger partial charge in [-0.05, 0) is 50.3 Å². The van der Waals surface area contributed by atoms with Gasteiger partial charge in [-0.2, -0.15) is 0 Å². The van der Waals surface area contributed by atoms with E-state index in [-0.39, 0.29) is 11.5 Å². The Bertz CT molecular complexity index is 758. The molecule has 0 saturated carbocycles. The molecular formula is C19H23N3O3S. The van der Waals surface area contributed by atoms with Crippen molar-refractivity contribution in [1.82, 2.24) is 14.9 Å². The molecule has 2 aromatic heterocycles. The van der Waals surface area contributed by atoms with Crippen LogP contribution in [0, 0.1) is 12.8 Å². The number of thiophene rings is 1. The molecule has 4 rings (SSSR count). The van der Waals surface area contributed by atoms with E-state index in [1.165, 1.54) is 4.88 Å². The van der Waals surface area contributed by atoms with Crippen molar-refractivity contribution in [1.29, 1.82) is 0 Å². The Kier molecular flexibility index (Phi) is 4.91. The molecule has 2 aliphatic heterocycles. The lowest BCUT2D eigenvalue weighted by Crippen LogP contribution is -2.66. The Morgan fingerprint density at radius 1 is 1.38 bits per heavy atom. The van der Waals surface area contributed by atoms with E-state index in [0.717, 1.165) is 30.7 Å². The molecule has 1 atom stereocenters. The number of hydrogen-bond donors (Lipinski definition) is 0. The third-order valence-electron chi connectivity index (χ3n) is 5.09. The number of rotatable bonds is 5. The third-order valence-corrected chi connectivity index (χ3v) is 6.08. The van der Waals surface area contributed by atoms with Crippen LogP contribution in [0.1, 0.15) is 33.8 Å². The highest BCUT2D eigenvalue weighted by Crippen LogP contribution is 2.39. The number of carbonyl (C=O) groups excluding carboxylic acids is 1. The first-order chi connectivity index (χ1) is 12.6. The van der Waals surface area contributed by atoms with Crippen LogP contribution in [0.5, 0.6) is 6.01 Å². The quantitative estimate of drug-likeness (QED) is 0.806. The van der Waals surface area contributed by atoms with Gasteiger partial charge >= 0.3 is 6.01 Å². The predicted molar refractivity (Wildman–Crippen MR) is 98.5 cm³/mol.